The van der Waals surface area contributed by atoms with E-state index in [2.05, 4.69) is 4.89 Å². The van der Waals surface area contributed by atoms with Gasteiger partial charge in [0.1, 0.15) is 6.54 Å². The Kier molecular flexibility index (Phi) is 4.98. The lowest BCUT2D eigenvalue weighted by Crippen LogP contribution is -2.34. The van der Waals surface area contributed by atoms with E-state index in [0.29, 0.717) is 6.54 Å². The molecule has 0 bridgehead atoms. The molecule has 0 unspecified atom stereocenters. The smallest absolute Gasteiger partial charge is 0.355 e. The van der Waals surface area contributed by atoms with Gasteiger partial charge in [-0.15, -0.1) is 0 Å². The average molecular weight is 177 g/mol. The molecule has 0 rings (SSSR count). The number of hydrogen-bond acceptors (Lipinski definition) is 5. The number of aliphatic carboxylic acids is 1. The van der Waals surface area contributed by atoms with E-state index in [9.17, 15) is 9.59 Å². The first-order valence-electron chi connectivity index (χ1n) is 3.38. The minimum absolute atomic E-state index is 0.223. The molecule has 0 aliphatic carbocycles. The first-order chi connectivity index (χ1) is 5.60. The van der Waals surface area contributed by atoms with E-state index in [4.69, 9.17) is 10.4 Å². The van der Waals surface area contributed by atoms with E-state index in [1.165, 1.54) is 4.90 Å². The molecule has 0 saturated carbocycles. The molecule has 6 heteroatoms. The molecule has 0 saturated heterocycles. The normalized spacial score (nSPS) is 9.92. The van der Waals surface area contributed by atoms with Gasteiger partial charge in [0, 0.05) is 0 Å². The summed E-state index contributed by atoms with van der Waals surface area (Å²) in [5.41, 5.74) is 0. The molecule has 0 atom stereocenters. The first-order valence-corrected chi connectivity index (χ1v) is 3.38. The first kappa shape index (κ1) is 10.9. The summed E-state index contributed by atoms with van der Waals surface area (Å²) in [6.07, 6.45) is 0. The fraction of sp³-hybridized carbons (Fsp3) is 0.667. The van der Waals surface area contributed by atoms with Gasteiger partial charge in [-0.1, -0.05) is 6.92 Å². The van der Waals surface area contributed by atoms with Gasteiger partial charge >= 0.3 is 11.9 Å². The lowest BCUT2D eigenvalue weighted by Gasteiger charge is -2.14. The van der Waals surface area contributed by atoms with E-state index in [1.54, 1.807) is 6.92 Å². The van der Waals surface area contributed by atoms with Crippen LogP contribution in [0.3, 0.4) is 0 Å². The molecule has 6 nitrogen and oxygen atoms in total. The van der Waals surface area contributed by atoms with Crippen molar-refractivity contribution in [3.05, 3.63) is 0 Å². The number of carboxylic acids is 1. The molecule has 0 aromatic carbocycles. The second-order valence-corrected chi connectivity index (χ2v) is 2.16. The molecule has 0 aliphatic rings. The van der Waals surface area contributed by atoms with Crippen molar-refractivity contribution in [2.75, 3.05) is 19.6 Å². The molecule has 0 fully saturated rings. The van der Waals surface area contributed by atoms with Gasteiger partial charge in [0.2, 0.25) is 0 Å². The van der Waals surface area contributed by atoms with Gasteiger partial charge in [-0.05, 0) is 6.54 Å². The highest BCUT2D eigenvalue weighted by molar-refractivity contribution is 5.73. The Morgan fingerprint density at radius 3 is 2.33 bits per heavy atom. The Morgan fingerprint density at radius 2 is 2.00 bits per heavy atom. The van der Waals surface area contributed by atoms with Crippen LogP contribution in [0.25, 0.3) is 0 Å². The fourth-order valence-corrected chi connectivity index (χ4v) is 0.682. The summed E-state index contributed by atoms with van der Waals surface area (Å²) in [6.45, 7) is 1.64. The molecule has 0 amide bonds. The van der Waals surface area contributed by atoms with Crippen LogP contribution in [0.1, 0.15) is 6.92 Å². The summed E-state index contributed by atoms with van der Waals surface area (Å²) >= 11 is 0. The van der Waals surface area contributed by atoms with Crippen molar-refractivity contribution >= 4 is 11.9 Å². The molecule has 70 valence electrons. The maximum Gasteiger partial charge on any atom is 0.355 e. The minimum Gasteiger partial charge on any atom is -0.480 e. The highest BCUT2D eigenvalue weighted by Crippen LogP contribution is 1.88. The van der Waals surface area contributed by atoms with Gasteiger partial charge in [-0.2, -0.15) is 5.26 Å². The van der Waals surface area contributed by atoms with Gasteiger partial charge < -0.3 is 5.11 Å². The third kappa shape index (κ3) is 4.64. The molecule has 0 heterocycles. The summed E-state index contributed by atoms with van der Waals surface area (Å²) in [7, 11) is 0. The van der Waals surface area contributed by atoms with Gasteiger partial charge in [0.15, 0.2) is 0 Å². The second kappa shape index (κ2) is 5.50. The van der Waals surface area contributed by atoms with Crippen molar-refractivity contribution < 1.29 is 24.8 Å². The summed E-state index contributed by atoms with van der Waals surface area (Å²) < 4.78 is 0. The number of nitrogens with zero attached hydrogens (tertiary/aromatic N) is 1. The largest absolute Gasteiger partial charge is 0.480 e. The van der Waals surface area contributed by atoms with Crippen LogP contribution in [0, 0.1) is 0 Å². The van der Waals surface area contributed by atoms with E-state index in [1.807, 2.05) is 0 Å². The van der Waals surface area contributed by atoms with Crippen LogP contribution in [-0.2, 0) is 14.5 Å². The van der Waals surface area contributed by atoms with Crippen molar-refractivity contribution in [3.63, 3.8) is 0 Å². The van der Waals surface area contributed by atoms with Crippen molar-refractivity contribution in [1.82, 2.24) is 4.90 Å². The molecule has 0 radical (unpaired) electrons. The van der Waals surface area contributed by atoms with Crippen LogP contribution in [0.5, 0.6) is 0 Å². The molecule has 0 spiro atoms. The van der Waals surface area contributed by atoms with E-state index in [-0.39, 0.29) is 13.1 Å². The van der Waals surface area contributed by atoms with Crippen LogP contribution < -0.4 is 0 Å². The van der Waals surface area contributed by atoms with Crippen molar-refractivity contribution in [3.8, 4) is 0 Å². The predicted octanol–water partition coefficient (Wildman–Crippen LogP) is -0.591. The Labute approximate surface area is 69.3 Å². The van der Waals surface area contributed by atoms with Gasteiger partial charge in [-0.25, -0.2) is 4.79 Å². The molecule has 12 heavy (non-hydrogen) atoms. The van der Waals surface area contributed by atoms with E-state index >= 15 is 0 Å². The molecule has 0 aliphatic heterocycles. The SMILES string of the molecule is CCN(CC(=O)O)CC(=O)OO. The van der Waals surface area contributed by atoms with E-state index < -0.39 is 11.9 Å². The highest BCUT2D eigenvalue weighted by Gasteiger charge is 2.12. The van der Waals surface area contributed by atoms with Crippen LogP contribution in [-0.4, -0.2) is 46.8 Å². The molecular formula is C6H11NO5. The van der Waals surface area contributed by atoms with Crippen molar-refractivity contribution in [2.45, 2.75) is 6.92 Å². The predicted molar refractivity (Wildman–Crippen MR) is 38.5 cm³/mol. The second-order valence-electron chi connectivity index (χ2n) is 2.16. The number of likely N-dealkylation sites (N-methyl/N-ethyl adjacent to an activating group) is 1. The lowest BCUT2D eigenvalue weighted by atomic mass is 10.4. The molecular weight excluding hydrogens is 166 g/mol. The minimum atomic E-state index is -1.03. The molecule has 0 aromatic rings. The van der Waals surface area contributed by atoms with Gasteiger partial charge in [-0.3, -0.25) is 14.6 Å². The summed E-state index contributed by atoms with van der Waals surface area (Å²) in [5, 5.41) is 16.2. The maximum absolute atomic E-state index is 10.5. The van der Waals surface area contributed by atoms with Gasteiger partial charge in [0.05, 0.1) is 6.54 Å². The third-order valence-corrected chi connectivity index (χ3v) is 1.26. The van der Waals surface area contributed by atoms with Crippen LogP contribution in [0.15, 0.2) is 0 Å². The number of carbonyl (C=O) groups excluding carboxylic acids is 1. The average Bonchev–Trinajstić information content (AvgIpc) is 2.02. The summed E-state index contributed by atoms with van der Waals surface area (Å²) in [4.78, 5) is 25.3. The molecule has 2 N–H and O–H groups in total. The lowest BCUT2D eigenvalue weighted by molar-refractivity contribution is -0.235. The zero-order chi connectivity index (χ0) is 9.56. The van der Waals surface area contributed by atoms with E-state index in [0.717, 1.165) is 0 Å². The zero-order valence-corrected chi connectivity index (χ0v) is 6.69. The maximum atomic E-state index is 10.5. The highest BCUT2D eigenvalue weighted by atomic mass is 17.1. The Morgan fingerprint density at radius 1 is 1.42 bits per heavy atom. The summed E-state index contributed by atoms with van der Waals surface area (Å²) in [5.74, 6) is -1.89. The summed E-state index contributed by atoms with van der Waals surface area (Å²) in [6, 6.07) is 0. The fourth-order valence-electron chi connectivity index (χ4n) is 0.682. The number of rotatable bonds is 5. The Hall–Kier alpha value is -1.14. The van der Waals surface area contributed by atoms with Crippen LogP contribution in [0.4, 0.5) is 0 Å². The zero-order valence-electron chi connectivity index (χ0n) is 6.69. The Bertz CT molecular complexity index is 169. The topological polar surface area (TPSA) is 87.1 Å². The standard InChI is InChI=1S/C6H11NO5/c1-2-7(3-5(8)9)4-6(10)12-11/h11H,2-4H2,1H3,(H,8,9). The van der Waals surface area contributed by atoms with Crippen LogP contribution in [0.2, 0.25) is 0 Å². The Balaban J connectivity index is 3.82. The van der Waals surface area contributed by atoms with Crippen molar-refractivity contribution in [1.29, 1.82) is 0 Å². The molecule has 0 aromatic heterocycles. The van der Waals surface area contributed by atoms with Crippen LogP contribution >= 0.6 is 0 Å². The number of carboxylic acid groups (broad SMARTS) is 1. The monoisotopic (exact) mass is 177 g/mol. The quantitative estimate of drug-likeness (QED) is 0.431. The third-order valence-electron chi connectivity index (χ3n) is 1.26. The number of hydrogen-bond donors (Lipinski definition) is 2. The number of carbonyl (C=O) groups is 2. The van der Waals surface area contributed by atoms with Gasteiger partial charge in [0.25, 0.3) is 0 Å². The van der Waals surface area contributed by atoms with Crippen molar-refractivity contribution in [2.24, 2.45) is 0 Å².